The predicted octanol–water partition coefficient (Wildman–Crippen LogP) is 2.11. The molecule has 2 unspecified atom stereocenters. The molecule has 0 rings (SSSR count). The Morgan fingerprint density at radius 1 is 0.933 bits per heavy atom. The summed E-state index contributed by atoms with van der Waals surface area (Å²) in [6, 6.07) is 0. The molecule has 0 aromatic carbocycles. The molecule has 2 atom stereocenters. The third-order valence-corrected chi connectivity index (χ3v) is 2.54. The van der Waals surface area contributed by atoms with Gasteiger partial charge in [-0.25, -0.2) is 0 Å². The van der Waals surface area contributed by atoms with Crippen LogP contribution < -0.4 is 0 Å². The summed E-state index contributed by atoms with van der Waals surface area (Å²) < 4.78 is 5.29. The molecule has 3 heteroatoms. The van der Waals surface area contributed by atoms with E-state index in [9.17, 15) is 10.2 Å². The van der Waals surface area contributed by atoms with E-state index in [1.165, 1.54) is 25.7 Å². The van der Waals surface area contributed by atoms with Crippen LogP contribution in [-0.4, -0.2) is 35.6 Å². The van der Waals surface area contributed by atoms with E-state index in [-0.39, 0.29) is 6.61 Å². The van der Waals surface area contributed by atoms with Gasteiger partial charge < -0.3 is 14.9 Å². The second kappa shape index (κ2) is 10.4. The Bertz CT molecular complexity index is 128. The van der Waals surface area contributed by atoms with E-state index in [0.717, 1.165) is 6.42 Å². The maximum atomic E-state index is 9.38. The van der Waals surface area contributed by atoms with Gasteiger partial charge in [0.15, 0.2) is 0 Å². The molecule has 0 saturated carbocycles. The van der Waals surface area contributed by atoms with Gasteiger partial charge in [0, 0.05) is 6.61 Å². The van der Waals surface area contributed by atoms with Crippen LogP contribution in [0.15, 0.2) is 0 Å². The van der Waals surface area contributed by atoms with Crippen LogP contribution in [0.1, 0.15) is 52.4 Å². The summed E-state index contributed by atoms with van der Waals surface area (Å²) in [6.45, 7) is 4.98. The van der Waals surface area contributed by atoms with Crippen LogP contribution in [0, 0.1) is 0 Å². The lowest BCUT2D eigenvalue weighted by atomic mass is 10.1. The molecule has 15 heavy (non-hydrogen) atoms. The Morgan fingerprint density at radius 3 is 2.20 bits per heavy atom. The molecular weight excluding hydrogens is 192 g/mol. The Balaban J connectivity index is 3.16. The van der Waals surface area contributed by atoms with Crippen molar-refractivity contribution >= 4 is 0 Å². The third-order valence-electron chi connectivity index (χ3n) is 2.54. The zero-order chi connectivity index (χ0) is 11.5. The molecule has 0 aromatic heterocycles. The van der Waals surface area contributed by atoms with E-state index in [0.29, 0.717) is 13.0 Å². The normalized spacial score (nSPS) is 15.2. The highest BCUT2D eigenvalue weighted by Gasteiger charge is 2.13. The quantitative estimate of drug-likeness (QED) is 0.552. The molecule has 92 valence electrons. The van der Waals surface area contributed by atoms with Crippen LogP contribution in [0.25, 0.3) is 0 Å². The smallest absolute Gasteiger partial charge is 0.103 e. The summed E-state index contributed by atoms with van der Waals surface area (Å²) in [5.41, 5.74) is 0. The summed E-state index contributed by atoms with van der Waals surface area (Å²) in [5.74, 6) is 0. The molecule has 3 nitrogen and oxygen atoms in total. The van der Waals surface area contributed by atoms with Gasteiger partial charge in [-0.2, -0.15) is 0 Å². The summed E-state index contributed by atoms with van der Waals surface area (Å²) in [4.78, 5) is 0. The molecule has 0 spiro atoms. The number of unbranched alkanes of at least 4 members (excludes halogenated alkanes) is 4. The molecule has 2 N–H and O–H groups in total. The van der Waals surface area contributed by atoms with Gasteiger partial charge in [-0.15, -0.1) is 0 Å². The fourth-order valence-corrected chi connectivity index (χ4v) is 1.39. The molecule has 0 saturated heterocycles. The minimum atomic E-state index is -0.731. The largest absolute Gasteiger partial charge is 0.390 e. The number of aliphatic hydroxyl groups excluding tert-OH is 2. The monoisotopic (exact) mass is 218 g/mol. The molecule has 0 heterocycles. The lowest BCUT2D eigenvalue weighted by molar-refractivity contribution is -0.0393. The Hall–Kier alpha value is -0.120. The van der Waals surface area contributed by atoms with Gasteiger partial charge in [-0.1, -0.05) is 39.5 Å². The Morgan fingerprint density at radius 2 is 1.60 bits per heavy atom. The van der Waals surface area contributed by atoms with Gasteiger partial charge in [0.05, 0.1) is 12.7 Å². The molecule has 0 bridgehead atoms. The summed E-state index contributed by atoms with van der Waals surface area (Å²) in [5, 5.41) is 18.7. The first-order valence-corrected chi connectivity index (χ1v) is 6.16. The van der Waals surface area contributed by atoms with E-state index < -0.39 is 12.2 Å². The molecule has 0 aliphatic rings. The van der Waals surface area contributed by atoms with Gasteiger partial charge in [-0.05, 0) is 12.8 Å². The number of hydrogen-bond donors (Lipinski definition) is 2. The van der Waals surface area contributed by atoms with Gasteiger partial charge in [0.25, 0.3) is 0 Å². The van der Waals surface area contributed by atoms with Crippen molar-refractivity contribution in [2.45, 2.75) is 64.6 Å². The highest BCUT2D eigenvalue weighted by atomic mass is 16.5. The van der Waals surface area contributed by atoms with Crippen molar-refractivity contribution < 1.29 is 14.9 Å². The molecular formula is C12H26O3. The molecule has 0 radical (unpaired) electrons. The van der Waals surface area contributed by atoms with Crippen LogP contribution in [0.3, 0.4) is 0 Å². The Kier molecular flexibility index (Phi) is 10.3. The third kappa shape index (κ3) is 8.85. The van der Waals surface area contributed by atoms with Crippen molar-refractivity contribution in [1.29, 1.82) is 0 Å². The SMILES string of the molecule is CCCCCCCOCC(O)C(O)CC. The maximum absolute atomic E-state index is 9.38. The Labute approximate surface area is 93.5 Å². The topological polar surface area (TPSA) is 49.7 Å². The molecule has 0 aliphatic carbocycles. The summed E-state index contributed by atoms with van der Waals surface area (Å²) >= 11 is 0. The minimum Gasteiger partial charge on any atom is -0.390 e. The molecule has 0 amide bonds. The van der Waals surface area contributed by atoms with Gasteiger partial charge in [-0.3, -0.25) is 0 Å². The first-order valence-electron chi connectivity index (χ1n) is 6.16. The zero-order valence-electron chi connectivity index (χ0n) is 10.1. The highest BCUT2D eigenvalue weighted by molar-refractivity contribution is 4.63. The van der Waals surface area contributed by atoms with Crippen molar-refractivity contribution in [1.82, 2.24) is 0 Å². The lowest BCUT2D eigenvalue weighted by Crippen LogP contribution is -2.29. The number of hydrogen-bond acceptors (Lipinski definition) is 3. The second-order valence-corrected chi connectivity index (χ2v) is 4.03. The van der Waals surface area contributed by atoms with Crippen molar-refractivity contribution in [2.75, 3.05) is 13.2 Å². The molecule has 0 fully saturated rings. The first-order chi connectivity index (χ1) is 7.22. The van der Waals surface area contributed by atoms with Crippen LogP contribution in [0.5, 0.6) is 0 Å². The fraction of sp³-hybridized carbons (Fsp3) is 1.00. The highest BCUT2D eigenvalue weighted by Crippen LogP contribution is 2.03. The van der Waals surface area contributed by atoms with Gasteiger partial charge in [0.1, 0.15) is 6.10 Å². The summed E-state index contributed by atoms with van der Waals surface area (Å²) in [7, 11) is 0. The van der Waals surface area contributed by atoms with Crippen molar-refractivity contribution in [2.24, 2.45) is 0 Å². The first kappa shape index (κ1) is 14.9. The molecule has 0 aromatic rings. The van der Waals surface area contributed by atoms with Crippen LogP contribution in [0.2, 0.25) is 0 Å². The minimum absolute atomic E-state index is 0.253. The van der Waals surface area contributed by atoms with E-state index in [1.807, 2.05) is 6.92 Å². The molecule has 0 aliphatic heterocycles. The van der Waals surface area contributed by atoms with Gasteiger partial charge >= 0.3 is 0 Å². The van der Waals surface area contributed by atoms with Crippen molar-refractivity contribution in [3.05, 3.63) is 0 Å². The standard InChI is InChI=1S/C12H26O3/c1-3-5-6-7-8-9-15-10-12(14)11(13)4-2/h11-14H,3-10H2,1-2H3. The van der Waals surface area contributed by atoms with Crippen LogP contribution in [0.4, 0.5) is 0 Å². The zero-order valence-corrected chi connectivity index (χ0v) is 10.1. The van der Waals surface area contributed by atoms with Crippen LogP contribution >= 0.6 is 0 Å². The van der Waals surface area contributed by atoms with E-state index in [1.54, 1.807) is 0 Å². The van der Waals surface area contributed by atoms with Gasteiger partial charge in [0.2, 0.25) is 0 Å². The average molecular weight is 218 g/mol. The average Bonchev–Trinajstić information content (AvgIpc) is 2.26. The predicted molar refractivity (Wildman–Crippen MR) is 61.9 cm³/mol. The lowest BCUT2D eigenvalue weighted by Gasteiger charge is -2.15. The second-order valence-electron chi connectivity index (χ2n) is 4.03. The van der Waals surface area contributed by atoms with E-state index >= 15 is 0 Å². The summed E-state index contributed by atoms with van der Waals surface area (Å²) in [6.07, 6.45) is 5.24. The fourth-order valence-electron chi connectivity index (χ4n) is 1.39. The van der Waals surface area contributed by atoms with Crippen molar-refractivity contribution in [3.63, 3.8) is 0 Å². The number of ether oxygens (including phenoxy) is 1. The van der Waals surface area contributed by atoms with E-state index in [2.05, 4.69) is 6.92 Å². The number of aliphatic hydroxyl groups is 2. The van der Waals surface area contributed by atoms with E-state index in [4.69, 9.17) is 4.74 Å². The maximum Gasteiger partial charge on any atom is 0.103 e. The van der Waals surface area contributed by atoms with Crippen LogP contribution in [-0.2, 0) is 4.74 Å². The number of rotatable bonds is 10. The van der Waals surface area contributed by atoms with Crippen molar-refractivity contribution in [3.8, 4) is 0 Å².